The monoisotopic (exact) mass is 466 g/mol. The van der Waals surface area contributed by atoms with E-state index in [0.29, 0.717) is 41.9 Å². The van der Waals surface area contributed by atoms with E-state index in [2.05, 4.69) is 31.0 Å². The van der Waals surface area contributed by atoms with E-state index in [1.807, 2.05) is 28.5 Å². The zero-order valence-corrected chi connectivity index (χ0v) is 17.4. The van der Waals surface area contributed by atoms with Crippen LogP contribution in [-0.4, -0.2) is 52.0 Å². The van der Waals surface area contributed by atoms with Gasteiger partial charge in [-0.25, -0.2) is 0 Å². The van der Waals surface area contributed by atoms with Crippen molar-refractivity contribution in [2.75, 3.05) is 26.2 Å². The molecule has 0 radical (unpaired) electrons. The van der Waals surface area contributed by atoms with Gasteiger partial charge in [0.25, 0.3) is 5.91 Å². The van der Waals surface area contributed by atoms with Crippen LogP contribution in [0.3, 0.4) is 0 Å². The minimum absolute atomic E-state index is 0.0429. The van der Waals surface area contributed by atoms with E-state index in [4.69, 9.17) is 16.1 Å². The summed E-state index contributed by atoms with van der Waals surface area (Å²) in [4.78, 5) is 22.2. The van der Waals surface area contributed by atoms with E-state index in [0.717, 1.165) is 22.4 Å². The van der Waals surface area contributed by atoms with Crippen LogP contribution in [0.2, 0.25) is 5.02 Å². The zero-order valence-electron chi connectivity index (χ0n) is 14.3. The normalized spacial score (nSPS) is 15.3. The summed E-state index contributed by atoms with van der Waals surface area (Å²) in [7, 11) is 0. The second-order valence-corrected chi connectivity index (χ2v) is 8.45. The van der Waals surface area contributed by atoms with Gasteiger partial charge in [-0.15, -0.1) is 11.3 Å². The number of hydrogen-bond acceptors (Lipinski definition) is 6. The van der Waals surface area contributed by atoms with E-state index < -0.39 is 0 Å². The Morgan fingerprint density at radius 2 is 2.07 bits per heavy atom. The number of rotatable bonds is 4. The Hall–Kier alpha value is -1.74. The average molecular weight is 468 g/mol. The maximum absolute atomic E-state index is 12.7. The highest BCUT2D eigenvalue weighted by Gasteiger charge is 2.25. The topological polar surface area (TPSA) is 62.5 Å². The van der Waals surface area contributed by atoms with Crippen molar-refractivity contribution in [3.63, 3.8) is 0 Å². The van der Waals surface area contributed by atoms with Gasteiger partial charge >= 0.3 is 0 Å². The first-order chi connectivity index (χ1) is 13.1. The van der Waals surface area contributed by atoms with Crippen LogP contribution in [0.5, 0.6) is 0 Å². The van der Waals surface area contributed by atoms with Crippen LogP contribution < -0.4 is 0 Å². The quantitative estimate of drug-likeness (QED) is 0.576. The van der Waals surface area contributed by atoms with Crippen LogP contribution in [0.1, 0.15) is 16.2 Å². The van der Waals surface area contributed by atoms with Crippen LogP contribution in [-0.2, 0) is 6.54 Å². The van der Waals surface area contributed by atoms with Gasteiger partial charge in [0.15, 0.2) is 0 Å². The standard InChI is InChI=1S/C18H16BrClN4O2S/c19-12-3-4-14(20)13(10-12)18(25)24-7-5-23(6-8-24)11-16-21-17(22-26-16)15-2-1-9-27-15/h1-4,9-10H,5-8,11H2. The van der Waals surface area contributed by atoms with Crippen molar-refractivity contribution in [2.24, 2.45) is 0 Å². The van der Waals surface area contributed by atoms with Gasteiger partial charge in [0.2, 0.25) is 11.7 Å². The third-order valence-corrected chi connectivity index (χ3v) is 6.08. The number of thiophene rings is 1. The molecule has 4 rings (SSSR count). The number of benzene rings is 1. The first-order valence-corrected chi connectivity index (χ1v) is 10.5. The molecule has 9 heteroatoms. The third kappa shape index (κ3) is 4.24. The van der Waals surface area contributed by atoms with Crippen molar-refractivity contribution in [2.45, 2.75) is 6.54 Å². The van der Waals surface area contributed by atoms with Crippen LogP contribution in [0.15, 0.2) is 44.7 Å². The summed E-state index contributed by atoms with van der Waals surface area (Å²) in [5.41, 5.74) is 0.525. The number of carbonyl (C=O) groups excluding carboxylic acids is 1. The lowest BCUT2D eigenvalue weighted by Crippen LogP contribution is -2.48. The first kappa shape index (κ1) is 18.6. The van der Waals surface area contributed by atoms with Crippen LogP contribution >= 0.6 is 38.9 Å². The number of amides is 1. The summed E-state index contributed by atoms with van der Waals surface area (Å²) in [6, 6.07) is 9.25. The minimum Gasteiger partial charge on any atom is -0.338 e. The smallest absolute Gasteiger partial charge is 0.255 e. The molecule has 0 saturated carbocycles. The van der Waals surface area contributed by atoms with Crippen LogP contribution in [0.25, 0.3) is 10.7 Å². The molecule has 0 atom stereocenters. The molecule has 3 heterocycles. The minimum atomic E-state index is -0.0429. The van der Waals surface area contributed by atoms with Crippen LogP contribution in [0, 0.1) is 0 Å². The first-order valence-electron chi connectivity index (χ1n) is 8.43. The second-order valence-electron chi connectivity index (χ2n) is 6.18. The highest BCUT2D eigenvalue weighted by Crippen LogP contribution is 2.24. The highest BCUT2D eigenvalue weighted by atomic mass is 79.9. The molecular weight excluding hydrogens is 452 g/mol. The zero-order chi connectivity index (χ0) is 18.8. The number of carbonyl (C=O) groups is 1. The van der Waals surface area contributed by atoms with Gasteiger partial charge in [-0.2, -0.15) is 4.98 Å². The summed E-state index contributed by atoms with van der Waals surface area (Å²) in [6.45, 7) is 3.33. The molecule has 6 nitrogen and oxygen atoms in total. The fraction of sp³-hybridized carbons (Fsp3) is 0.278. The summed E-state index contributed by atoms with van der Waals surface area (Å²) in [5, 5.41) is 6.49. The number of halogens is 2. The summed E-state index contributed by atoms with van der Waals surface area (Å²) < 4.78 is 6.20. The Kier molecular flexibility index (Phi) is 5.58. The van der Waals surface area contributed by atoms with E-state index in [-0.39, 0.29) is 5.91 Å². The summed E-state index contributed by atoms with van der Waals surface area (Å²) >= 11 is 11.2. The molecule has 1 aliphatic heterocycles. The lowest BCUT2D eigenvalue weighted by Gasteiger charge is -2.34. The van der Waals surface area contributed by atoms with Crippen molar-refractivity contribution in [3.05, 3.63) is 56.7 Å². The molecular formula is C18H16BrClN4O2S. The van der Waals surface area contributed by atoms with Gasteiger partial charge in [-0.05, 0) is 29.6 Å². The highest BCUT2D eigenvalue weighted by molar-refractivity contribution is 9.10. The Balaban J connectivity index is 1.35. The Morgan fingerprint density at radius 3 is 2.81 bits per heavy atom. The molecule has 1 fully saturated rings. The average Bonchev–Trinajstić information content (AvgIpc) is 3.35. The molecule has 0 N–H and O–H groups in total. The van der Waals surface area contributed by atoms with E-state index >= 15 is 0 Å². The Morgan fingerprint density at radius 1 is 1.26 bits per heavy atom. The van der Waals surface area contributed by atoms with Gasteiger partial charge < -0.3 is 9.42 Å². The maximum atomic E-state index is 12.7. The molecule has 27 heavy (non-hydrogen) atoms. The van der Waals surface area contributed by atoms with Gasteiger partial charge in [-0.3, -0.25) is 9.69 Å². The van der Waals surface area contributed by atoms with Crippen LogP contribution in [0.4, 0.5) is 0 Å². The SMILES string of the molecule is O=C(c1cc(Br)ccc1Cl)N1CCN(Cc2nc(-c3cccs3)no2)CC1. The Bertz CT molecular complexity index is 939. The summed E-state index contributed by atoms with van der Waals surface area (Å²) in [6.07, 6.45) is 0. The van der Waals surface area contributed by atoms with Gasteiger partial charge in [0.1, 0.15) is 0 Å². The number of nitrogens with zero attached hydrogens (tertiary/aromatic N) is 4. The summed E-state index contributed by atoms with van der Waals surface area (Å²) in [5.74, 6) is 1.17. The predicted molar refractivity (Wildman–Crippen MR) is 108 cm³/mol. The maximum Gasteiger partial charge on any atom is 0.255 e. The fourth-order valence-electron chi connectivity index (χ4n) is 2.96. The number of aromatic nitrogens is 2. The predicted octanol–water partition coefficient (Wildman–Crippen LogP) is 4.17. The molecule has 1 saturated heterocycles. The van der Waals surface area contributed by atoms with Crippen molar-refractivity contribution >= 4 is 44.8 Å². The third-order valence-electron chi connectivity index (χ3n) is 4.39. The number of piperazine rings is 1. The molecule has 3 aromatic rings. The Labute approximate surface area is 173 Å². The van der Waals surface area contributed by atoms with Crippen molar-refractivity contribution in [3.8, 4) is 10.7 Å². The lowest BCUT2D eigenvalue weighted by atomic mass is 10.2. The lowest BCUT2D eigenvalue weighted by molar-refractivity contribution is 0.0615. The van der Waals surface area contributed by atoms with E-state index in [1.54, 1.807) is 23.5 Å². The molecule has 1 aliphatic rings. The van der Waals surface area contributed by atoms with Gasteiger partial charge in [-0.1, -0.05) is 38.8 Å². The molecule has 140 valence electrons. The van der Waals surface area contributed by atoms with E-state index in [9.17, 15) is 4.79 Å². The molecule has 0 bridgehead atoms. The second kappa shape index (κ2) is 8.10. The fourth-order valence-corrected chi connectivity index (χ4v) is 4.17. The molecule has 2 aromatic heterocycles. The van der Waals surface area contributed by atoms with Gasteiger partial charge in [0, 0.05) is 30.7 Å². The molecule has 1 aromatic carbocycles. The molecule has 0 unspecified atom stereocenters. The largest absolute Gasteiger partial charge is 0.338 e. The van der Waals surface area contributed by atoms with Gasteiger partial charge in [0.05, 0.1) is 22.0 Å². The number of hydrogen-bond donors (Lipinski definition) is 0. The van der Waals surface area contributed by atoms with Crippen molar-refractivity contribution in [1.29, 1.82) is 0 Å². The molecule has 0 spiro atoms. The molecule has 0 aliphatic carbocycles. The van der Waals surface area contributed by atoms with Crippen molar-refractivity contribution < 1.29 is 9.32 Å². The van der Waals surface area contributed by atoms with E-state index in [1.165, 1.54) is 0 Å². The molecule has 1 amide bonds. The van der Waals surface area contributed by atoms with Crippen molar-refractivity contribution in [1.82, 2.24) is 19.9 Å².